The van der Waals surface area contributed by atoms with E-state index in [1.165, 1.54) is 28.6 Å². The predicted octanol–water partition coefficient (Wildman–Crippen LogP) is 3.24. The van der Waals surface area contributed by atoms with Crippen molar-refractivity contribution in [2.45, 2.75) is 37.1 Å². The van der Waals surface area contributed by atoms with Gasteiger partial charge in [-0.3, -0.25) is 29.0 Å². The van der Waals surface area contributed by atoms with E-state index in [1.54, 1.807) is 66.5 Å². The van der Waals surface area contributed by atoms with E-state index in [0.717, 1.165) is 16.8 Å². The summed E-state index contributed by atoms with van der Waals surface area (Å²) < 4.78 is 5.37. The van der Waals surface area contributed by atoms with Crippen molar-refractivity contribution in [3.05, 3.63) is 123 Å². The fourth-order valence-electron chi connectivity index (χ4n) is 2.69. The molecule has 6 aromatic heterocycles. The van der Waals surface area contributed by atoms with Crippen molar-refractivity contribution in [1.82, 2.24) is 59.5 Å². The second-order valence-corrected chi connectivity index (χ2v) is 9.74. The first-order chi connectivity index (χ1) is 20.8. The van der Waals surface area contributed by atoms with E-state index in [4.69, 9.17) is 5.11 Å². The van der Waals surface area contributed by atoms with Crippen molar-refractivity contribution in [2.24, 2.45) is 0 Å². The zero-order valence-corrected chi connectivity index (χ0v) is 26.5. The Labute approximate surface area is 263 Å². The molecule has 0 atom stereocenters. The van der Waals surface area contributed by atoms with Crippen LogP contribution in [0.4, 0.5) is 0 Å². The number of aromatic nitrogens is 12. The van der Waals surface area contributed by atoms with Crippen LogP contribution in [0.15, 0.2) is 101 Å². The van der Waals surface area contributed by atoms with Gasteiger partial charge in [0.05, 0.1) is 11.3 Å². The van der Waals surface area contributed by atoms with Crippen LogP contribution in [0.1, 0.15) is 11.4 Å². The van der Waals surface area contributed by atoms with Crippen molar-refractivity contribution < 1.29 is 5.11 Å². The molecule has 0 aliphatic rings. The highest BCUT2D eigenvalue weighted by Gasteiger charge is 1.99. The van der Waals surface area contributed by atoms with Gasteiger partial charge in [0, 0.05) is 73.1 Å². The smallest absolute Gasteiger partial charge is 0.251 e. The topological polar surface area (TPSA) is 197 Å². The average molecular weight is 692 g/mol. The van der Waals surface area contributed by atoms with Crippen LogP contribution in [0.5, 0.6) is 0 Å². The molecule has 0 fully saturated rings. The van der Waals surface area contributed by atoms with Crippen LogP contribution in [0.2, 0.25) is 0 Å². The van der Waals surface area contributed by atoms with Gasteiger partial charge in [-0.15, -0.1) is 0 Å². The van der Waals surface area contributed by atoms with Crippen molar-refractivity contribution in [3.8, 4) is 0 Å². The molecule has 18 heteroatoms. The van der Waals surface area contributed by atoms with Crippen LogP contribution in [0, 0.1) is 18.6 Å². The van der Waals surface area contributed by atoms with E-state index in [2.05, 4.69) is 73.6 Å². The summed E-state index contributed by atoms with van der Waals surface area (Å²) in [7, 11) is 0. The number of nitrogens with one attached hydrogen (secondary N) is 4. The zero-order valence-electron chi connectivity index (χ0n) is 23.2. The summed E-state index contributed by atoms with van der Waals surface area (Å²) in [6.07, 6.45) is 14.0. The molecular weight excluding hydrogens is 660 g/mol. The number of aryl methyl sites for hydroxylation is 2. The van der Waals surface area contributed by atoms with Crippen LogP contribution in [-0.2, 0) is 18.1 Å². The lowest BCUT2D eigenvalue weighted by Crippen LogP contribution is -2.08. The first-order valence-corrected chi connectivity index (χ1v) is 14.8. The molecule has 0 spiro atoms. The number of rotatable bonds is 5. The molecule has 6 rings (SSSR count). The first-order valence-electron chi connectivity index (χ1n) is 12.3. The van der Waals surface area contributed by atoms with Gasteiger partial charge in [0.15, 0.2) is 9.93 Å². The Hall–Kier alpha value is -4.39. The quantitative estimate of drug-likeness (QED) is 0.0775. The zero-order chi connectivity index (χ0) is 31.3. The molecule has 0 aromatic carbocycles. The second-order valence-electron chi connectivity index (χ2n) is 7.90. The normalized spacial score (nSPS) is 9.58. The number of H-pyrrole nitrogens is 4. The fraction of sp³-hybridized carbons (Fsp3) is 0.200. The lowest BCUT2D eigenvalue weighted by atomic mass is 10.5. The van der Waals surface area contributed by atoms with Gasteiger partial charge in [0.2, 0.25) is 0 Å². The van der Waals surface area contributed by atoms with Gasteiger partial charge in [-0.1, -0.05) is 27.7 Å². The number of hydrogen-bond acceptors (Lipinski definition) is 10. The molecule has 6 heterocycles. The van der Waals surface area contributed by atoms with Crippen molar-refractivity contribution >= 4 is 39.9 Å². The highest BCUT2D eigenvalue weighted by atomic mass is 79.9. The number of aromatic amines is 4. The molecule has 0 bridgehead atoms. The van der Waals surface area contributed by atoms with Gasteiger partial charge < -0.3 is 15.1 Å². The Balaban J connectivity index is 0.000000199. The van der Waals surface area contributed by atoms with E-state index >= 15 is 0 Å². The third kappa shape index (κ3) is 16.0. The van der Waals surface area contributed by atoms with Crippen LogP contribution in [0.3, 0.4) is 0 Å². The molecule has 0 saturated carbocycles. The Kier molecular flexibility index (Phi) is 16.6. The number of nitrogens with zero attached hydrogens (tertiary/aromatic N) is 8. The maximum atomic E-state index is 11.1. The van der Waals surface area contributed by atoms with Crippen LogP contribution in [0.25, 0.3) is 0 Å². The predicted molar refractivity (Wildman–Crippen MR) is 169 cm³/mol. The van der Waals surface area contributed by atoms with Gasteiger partial charge in [-0.2, -0.15) is 20.4 Å². The molecule has 43 heavy (non-hydrogen) atoms. The number of alkyl halides is 1. The molecule has 0 radical (unpaired) electrons. The summed E-state index contributed by atoms with van der Waals surface area (Å²) in [6.45, 7) is 3.55. The monoisotopic (exact) mass is 690 g/mol. The first kappa shape index (κ1) is 34.8. The standard InChI is InChI=1S/C9H10N4OS.C5H6N2OS.C4H5BrN2.C4H6N2O.C3H4N2/c1-7-5-8(14)12-9(11-7)15-6-13-4-2-3-10-13;1-3-2-4(8)7-5(9)6-3;5-4-7-3-1-2-6-7;7-4-6-3-1-2-5-6;1-2-4-5-3-1/h2-5H,6H2,1H3,(H,11,12,14);2H,1H3,(H2,6,7,8,9);1-3H,4H2;1-3,7H,4H2;1-3H,(H,4,5). The SMILES string of the molecule is BrCn1cccn1.Cc1cc(=O)[nH]c(=S)[nH]1.Cc1cc(=O)[nH]c(SCn2cccn2)n1.OCn1cccn1.c1cn[nH]c1. The maximum Gasteiger partial charge on any atom is 0.251 e. The number of halogens is 1. The summed E-state index contributed by atoms with van der Waals surface area (Å²) in [6, 6.07) is 10.3. The Morgan fingerprint density at radius 2 is 1.49 bits per heavy atom. The lowest BCUT2D eigenvalue weighted by molar-refractivity contribution is 0.195. The molecule has 5 N–H and O–H groups in total. The second kappa shape index (κ2) is 20.5. The molecule has 0 aliphatic carbocycles. The number of aliphatic hydroxyl groups is 1. The summed E-state index contributed by atoms with van der Waals surface area (Å²) >= 11 is 9.35. The number of hydrogen-bond donors (Lipinski definition) is 5. The van der Waals surface area contributed by atoms with E-state index in [1.807, 2.05) is 30.6 Å². The summed E-state index contributed by atoms with van der Waals surface area (Å²) in [5.41, 5.74) is 2.01. The third-order valence-electron chi connectivity index (χ3n) is 4.43. The molecule has 0 saturated heterocycles. The Bertz CT molecular complexity index is 1600. The largest absolute Gasteiger partial charge is 0.374 e. The Morgan fingerprint density at radius 1 is 0.860 bits per heavy atom. The molecule has 228 valence electrons. The van der Waals surface area contributed by atoms with Crippen LogP contribution in [-0.4, -0.2) is 64.6 Å². The molecule has 0 unspecified atom stereocenters. The van der Waals surface area contributed by atoms with E-state index in [0.29, 0.717) is 15.8 Å². The fourth-order valence-corrected chi connectivity index (χ4v) is 4.03. The van der Waals surface area contributed by atoms with Crippen molar-refractivity contribution in [1.29, 1.82) is 0 Å². The minimum Gasteiger partial charge on any atom is -0.374 e. The van der Waals surface area contributed by atoms with Gasteiger partial charge in [0.1, 0.15) is 6.73 Å². The Morgan fingerprint density at radius 3 is 1.88 bits per heavy atom. The molecule has 15 nitrogen and oxygen atoms in total. The van der Waals surface area contributed by atoms with Gasteiger partial charge in [0.25, 0.3) is 11.1 Å². The molecular formula is C25H31BrN12O3S2. The summed E-state index contributed by atoms with van der Waals surface area (Å²) in [4.78, 5) is 33.8. The highest BCUT2D eigenvalue weighted by molar-refractivity contribution is 9.08. The molecule has 0 amide bonds. The molecule has 0 aliphatic heterocycles. The summed E-state index contributed by atoms with van der Waals surface area (Å²) in [5.74, 6) is 0.638. The minimum absolute atomic E-state index is 0.0347. The highest BCUT2D eigenvalue weighted by Crippen LogP contribution is 2.12. The van der Waals surface area contributed by atoms with E-state index < -0.39 is 0 Å². The van der Waals surface area contributed by atoms with Crippen LogP contribution < -0.4 is 11.1 Å². The maximum absolute atomic E-state index is 11.1. The van der Waals surface area contributed by atoms with Gasteiger partial charge >= 0.3 is 0 Å². The average Bonchev–Trinajstić information content (AvgIpc) is 3.81. The van der Waals surface area contributed by atoms with Gasteiger partial charge in [-0.25, -0.2) is 9.67 Å². The van der Waals surface area contributed by atoms with E-state index in [9.17, 15) is 9.59 Å². The number of aliphatic hydroxyl groups excluding tert-OH is 1. The summed E-state index contributed by atoms with van der Waals surface area (Å²) in [5, 5.41) is 26.8. The number of thioether (sulfide) groups is 1. The van der Waals surface area contributed by atoms with Crippen molar-refractivity contribution in [3.63, 3.8) is 0 Å². The lowest BCUT2D eigenvalue weighted by Gasteiger charge is -2.01. The van der Waals surface area contributed by atoms with Crippen molar-refractivity contribution in [2.75, 3.05) is 0 Å². The third-order valence-corrected chi connectivity index (χ3v) is 6.01. The van der Waals surface area contributed by atoms with Crippen LogP contribution >= 0.6 is 39.9 Å². The van der Waals surface area contributed by atoms with Gasteiger partial charge in [-0.05, 0) is 50.3 Å². The minimum atomic E-state index is -0.156. The van der Waals surface area contributed by atoms with E-state index in [-0.39, 0.29) is 17.8 Å². The molecule has 6 aromatic rings.